The van der Waals surface area contributed by atoms with Gasteiger partial charge in [0.2, 0.25) is 5.91 Å². The number of nitrogens with one attached hydrogen (secondary N) is 1. The monoisotopic (exact) mass is 284 g/mol. The second kappa shape index (κ2) is 6.99. The second-order valence-corrected chi connectivity index (χ2v) is 5.16. The van der Waals surface area contributed by atoms with Gasteiger partial charge in [-0.1, -0.05) is 30.3 Å². The number of rotatable bonds is 5. The van der Waals surface area contributed by atoms with Gasteiger partial charge in [-0.05, 0) is 36.6 Å². The predicted octanol–water partition coefficient (Wildman–Crippen LogP) is 2.09. The standard InChI is InChI=1S/C17H20N2O2/c1-12-5-3-4-6-15(12)16(20)11-19-17(21)9-14-8-7-13(2)18-10-14/h3-8,10,16,20H,9,11H2,1-2H3,(H,19,21). The fraction of sp³-hybridized carbons (Fsp3) is 0.294. The van der Waals surface area contributed by atoms with Crippen LogP contribution in [0.4, 0.5) is 0 Å². The summed E-state index contributed by atoms with van der Waals surface area (Å²) in [4.78, 5) is 16.0. The average Bonchev–Trinajstić information content (AvgIpc) is 2.48. The molecule has 0 fully saturated rings. The van der Waals surface area contributed by atoms with Gasteiger partial charge in [0.15, 0.2) is 0 Å². The predicted molar refractivity (Wildman–Crippen MR) is 81.8 cm³/mol. The molecule has 110 valence electrons. The molecule has 21 heavy (non-hydrogen) atoms. The van der Waals surface area contributed by atoms with Crippen LogP contribution in [0.1, 0.15) is 28.5 Å². The van der Waals surface area contributed by atoms with E-state index >= 15 is 0 Å². The molecule has 0 bridgehead atoms. The van der Waals surface area contributed by atoms with E-state index < -0.39 is 6.10 Å². The number of nitrogens with zero attached hydrogens (tertiary/aromatic N) is 1. The maximum Gasteiger partial charge on any atom is 0.224 e. The molecule has 1 aromatic heterocycles. The van der Waals surface area contributed by atoms with E-state index in [2.05, 4.69) is 10.3 Å². The van der Waals surface area contributed by atoms with E-state index in [4.69, 9.17) is 0 Å². The first-order valence-corrected chi connectivity index (χ1v) is 6.98. The van der Waals surface area contributed by atoms with Crippen molar-refractivity contribution in [2.75, 3.05) is 6.54 Å². The van der Waals surface area contributed by atoms with E-state index in [0.717, 1.165) is 22.4 Å². The van der Waals surface area contributed by atoms with Crippen molar-refractivity contribution in [3.05, 3.63) is 65.0 Å². The molecule has 4 heteroatoms. The van der Waals surface area contributed by atoms with Gasteiger partial charge < -0.3 is 10.4 Å². The molecule has 0 radical (unpaired) electrons. The summed E-state index contributed by atoms with van der Waals surface area (Å²) in [7, 11) is 0. The van der Waals surface area contributed by atoms with Gasteiger partial charge in [-0.25, -0.2) is 0 Å². The zero-order chi connectivity index (χ0) is 15.2. The molecule has 1 amide bonds. The van der Waals surface area contributed by atoms with Gasteiger partial charge in [0, 0.05) is 18.4 Å². The number of carbonyl (C=O) groups excluding carboxylic acids is 1. The Morgan fingerprint density at radius 2 is 2.00 bits per heavy atom. The third-order valence-corrected chi connectivity index (χ3v) is 3.38. The van der Waals surface area contributed by atoms with E-state index in [9.17, 15) is 9.90 Å². The summed E-state index contributed by atoms with van der Waals surface area (Å²) >= 11 is 0. The van der Waals surface area contributed by atoms with E-state index in [1.54, 1.807) is 6.20 Å². The van der Waals surface area contributed by atoms with Gasteiger partial charge in [-0.2, -0.15) is 0 Å². The lowest BCUT2D eigenvalue weighted by molar-refractivity contribution is -0.120. The van der Waals surface area contributed by atoms with Gasteiger partial charge in [-0.3, -0.25) is 9.78 Å². The minimum atomic E-state index is -0.689. The molecular formula is C17H20N2O2. The molecule has 1 aromatic carbocycles. The van der Waals surface area contributed by atoms with E-state index in [1.807, 2.05) is 50.2 Å². The van der Waals surface area contributed by atoms with Gasteiger partial charge in [0.1, 0.15) is 0 Å². The number of benzene rings is 1. The topological polar surface area (TPSA) is 62.2 Å². The van der Waals surface area contributed by atoms with Crippen LogP contribution in [-0.4, -0.2) is 22.5 Å². The lowest BCUT2D eigenvalue weighted by Gasteiger charge is -2.14. The molecule has 0 aliphatic carbocycles. The normalized spacial score (nSPS) is 12.0. The highest BCUT2D eigenvalue weighted by Crippen LogP contribution is 2.16. The molecule has 2 rings (SSSR count). The summed E-state index contributed by atoms with van der Waals surface area (Å²) < 4.78 is 0. The highest BCUT2D eigenvalue weighted by molar-refractivity contribution is 5.78. The lowest BCUT2D eigenvalue weighted by atomic mass is 10.0. The summed E-state index contributed by atoms with van der Waals surface area (Å²) in [6.45, 7) is 4.06. The molecule has 2 N–H and O–H groups in total. The smallest absolute Gasteiger partial charge is 0.224 e. The highest BCUT2D eigenvalue weighted by Gasteiger charge is 2.11. The van der Waals surface area contributed by atoms with Crippen molar-refractivity contribution in [3.8, 4) is 0 Å². The summed E-state index contributed by atoms with van der Waals surface area (Å²) in [6, 6.07) is 11.4. The lowest BCUT2D eigenvalue weighted by Crippen LogP contribution is -2.29. The highest BCUT2D eigenvalue weighted by atomic mass is 16.3. The summed E-state index contributed by atoms with van der Waals surface area (Å²) in [5, 5.41) is 12.9. The number of aliphatic hydroxyl groups is 1. The molecule has 2 aromatic rings. The van der Waals surface area contributed by atoms with Crippen molar-refractivity contribution in [1.82, 2.24) is 10.3 Å². The fourth-order valence-electron chi connectivity index (χ4n) is 2.13. The zero-order valence-corrected chi connectivity index (χ0v) is 12.3. The number of amides is 1. The number of pyridine rings is 1. The Morgan fingerprint density at radius 3 is 2.67 bits per heavy atom. The van der Waals surface area contributed by atoms with Crippen LogP contribution in [0.3, 0.4) is 0 Å². The number of hydrogen-bond donors (Lipinski definition) is 2. The number of aliphatic hydroxyl groups excluding tert-OH is 1. The third-order valence-electron chi connectivity index (χ3n) is 3.38. The first-order chi connectivity index (χ1) is 10.1. The van der Waals surface area contributed by atoms with Crippen molar-refractivity contribution in [1.29, 1.82) is 0 Å². The molecule has 0 spiro atoms. The summed E-state index contributed by atoms with van der Waals surface area (Å²) in [5.41, 5.74) is 3.65. The van der Waals surface area contributed by atoms with Crippen LogP contribution in [0.25, 0.3) is 0 Å². The molecule has 1 heterocycles. The van der Waals surface area contributed by atoms with Gasteiger partial charge >= 0.3 is 0 Å². The number of hydrogen-bond acceptors (Lipinski definition) is 3. The zero-order valence-electron chi connectivity index (χ0n) is 12.3. The molecule has 0 saturated heterocycles. The van der Waals surface area contributed by atoms with Crippen molar-refractivity contribution >= 4 is 5.91 Å². The summed E-state index contributed by atoms with van der Waals surface area (Å²) in [5.74, 6) is -0.117. The van der Waals surface area contributed by atoms with Crippen molar-refractivity contribution in [3.63, 3.8) is 0 Å². The molecule has 0 aliphatic rings. The van der Waals surface area contributed by atoms with Crippen LogP contribution in [0.15, 0.2) is 42.6 Å². The van der Waals surface area contributed by atoms with Crippen LogP contribution in [-0.2, 0) is 11.2 Å². The Morgan fingerprint density at radius 1 is 1.24 bits per heavy atom. The molecule has 0 aliphatic heterocycles. The van der Waals surface area contributed by atoms with Crippen LogP contribution in [0, 0.1) is 13.8 Å². The van der Waals surface area contributed by atoms with E-state index in [-0.39, 0.29) is 18.9 Å². The number of aromatic nitrogens is 1. The van der Waals surface area contributed by atoms with E-state index in [1.165, 1.54) is 0 Å². The van der Waals surface area contributed by atoms with Crippen molar-refractivity contribution in [2.45, 2.75) is 26.4 Å². The average molecular weight is 284 g/mol. The fourth-order valence-corrected chi connectivity index (χ4v) is 2.13. The first kappa shape index (κ1) is 15.2. The van der Waals surface area contributed by atoms with Gasteiger partial charge in [0.25, 0.3) is 0 Å². The SMILES string of the molecule is Cc1ccc(CC(=O)NCC(O)c2ccccc2C)cn1. The minimum Gasteiger partial charge on any atom is -0.387 e. The number of aryl methyl sites for hydroxylation is 2. The van der Waals surface area contributed by atoms with Crippen LogP contribution < -0.4 is 5.32 Å². The van der Waals surface area contributed by atoms with Crippen molar-refractivity contribution in [2.24, 2.45) is 0 Å². The Labute approximate surface area is 124 Å². The molecular weight excluding hydrogens is 264 g/mol. The summed E-state index contributed by atoms with van der Waals surface area (Å²) in [6.07, 6.45) is 1.28. The van der Waals surface area contributed by atoms with Crippen molar-refractivity contribution < 1.29 is 9.90 Å². The largest absolute Gasteiger partial charge is 0.387 e. The quantitative estimate of drug-likeness (QED) is 0.883. The van der Waals surface area contributed by atoms with E-state index in [0.29, 0.717) is 0 Å². The third kappa shape index (κ3) is 4.39. The maximum atomic E-state index is 11.9. The van der Waals surface area contributed by atoms with Gasteiger partial charge in [0.05, 0.1) is 12.5 Å². The molecule has 0 saturated carbocycles. The number of carbonyl (C=O) groups is 1. The Bertz CT molecular complexity index is 608. The maximum absolute atomic E-state index is 11.9. The minimum absolute atomic E-state index is 0.117. The Hall–Kier alpha value is -2.20. The molecule has 4 nitrogen and oxygen atoms in total. The Balaban J connectivity index is 1.86. The molecule has 1 atom stereocenters. The van der Waals surface area contributed by atoms with Crippen LogP contribution in [0.5, 0.6) is 0 Å². The molecule has 1 unspecified atom stereocenters. The van der Waals surface area contributed by atoms with Crippen LogP contribution in [0.2, 0.25) is 0 Å². The second-order valence-electron chi connectivity index (χ2n) is 5.16. The first-order valence-electron chi connectivity index (χ1n) is 6.98. The van der Waals surface area contributed by atoms with Gasteiger partial charge in [-0.15, -0.1) is 0 Å². The van der Waals surface area contributed by atoms with Crippen LogP contribution >= 0.6 is 0 Å². The Kier molecular flexibility index (Phi) is 5.06.